The number of amides is 2. The number of hydrogen-bond acceptors (Lipinski definition) is 5. The molecule has 0 spiro atoms. The van der Waals surface area contributed by atoms with Gasteiger partial charge in [0.05, 0.1) is 5.69 Å². The molecule has 4 aromatic rings. The number of aromatic nitrogens is 4. The molecule has 0 atom stereocenters. The van der Waals surface area contributed by atoms with E-state index in [4.69, 9.17) is 4.74 Å². The average Bonchev–Trinajstić information content (AvgIpc) is 3.22. The number of hydrogen-bond donors (Lipinski definition) is 2. The number of rotatable bonds is 6. The summed E-state index contributed by atoms with van der Waals surface area (Å²) >= 11 is 0. The highest BCUT2D eigenvalue weighted by molar-refractivity contribution is 6.00. The Bertz CT molecular complexity index is 1170. The minimum Gasteiger partial charge on any atom is -0.438 e. The molecule has 2 N–H and O–H groups in total. The maximum atomic E-state index is 12.3. The van der Waals surface area contributed by atoms with Gasteiger partial charge in [-0.2, -0.15) is 5.10 Å². The van der Waals surface area contributed by atoms with Gasteiger partial charge in [-0.3, -0.25) is 0 Å². The molecule has 0 bridgehead atoms. The first-order chi connectivity index (χ1) is 15.1. The summed E-state index contributed by atoms with van der Waals surface area (Å²) in [6.45, 7) is 3.96. The first-order valence-corrected chi connectivity index (χ1v) is 9.91. The topological polar surface area (TPSA) is 94.0 Å². The monoisotopic (exact) mass is 414 g/mol. The number of benzene rings is 2. The van der Waals surface area contributed by atoms with Crippen molar-refractivity contribution in [1.82, 2.24) is 20.0 Å². The summed E-state index contributed by atoms with van der Waals surface area (Å²) in [4.78, 5) is 12.3. The van der Waals surface area contributed by atoms with Crippen molar-refractivity contribution in [3.05, 3.63) is 84.2 Å². The van der Waals surface area contributed by atoms with Crippen LogP contribution in [0.3, 0.4) is 0 Å². The SMILES string of the molecule is CCc1ccccc1NC(=O)Nc1ccc(Oc2ccc(-n3ccc(C)n3)nn2)cc1. The zero-order valence-corrected chi connectivity index (χ0v) is 17.2. The molecule has 0 aliphatic rings. The lowest BCUT2D eigenvalue weighted by molar-refractivity contribution is 0.262. The average molecular weight is 414 g/mol. The van der Waals surface area contributed by atoms with Crippen molar-refractivity contribution in [3.8, 4) is 17.4 Å². The van der Waals surface area contributed by atoms with Crippen molar-refractivity contribution in [3.63, 3.8) is 0 Å². The zero-order chi connectivity index (χ0) is 21.6. The highest BCUT2D eigenvalue weighted by atomic mass is 16.5. The molecule has 0 saturated carbocycles. The molecule has 2 aromatic heterocycles. The Balaban J connectivity index is 1.35. The number of urea groups is 1. The Hall–Kier alpha value is -4.20. The van der Waals surface area contributed by atoms with Gasteiger partial charge in [0.2, 0.25) is 5.88 Å². The molecule has 4 rings (SSSR count). The van der Waals surface area contributed by atoms with Crippen LogP contribution in [0.25, 0.3) is 5.82 Å². The fourth-order valence-corrected chi connectivity index (χ4v) is 2.99. The molecule has 2 heterocycles. The maximum Gasteiger partial charge on any atom is 0.323 e. The highest BCUT2D eigenvalue weighted by Gasteiger charge is 2.07. The Morgan fingerprint density at radius 1 is 0.968 bits per heavy atom. The molecule has 2 aromatic carbocycles. The van der Waals surface area contributed by atoms with Crippen molar-refractivity contribution in [2.45, 2.75) is 20.3 Å². The van der Waals surface area contributed by atoms with Gasteiger partial charge in [0, 0.05) is 23.6 Å². The molecule has 0 aliphatic heterocycles. The standard InChI is InChI=1S/C23H22N6O2/c1-3-17-6-4-5-7-20(17)25-23(30)24-18-8-10-19(11-9-18)31-22-13-12-21(26-27-22)29-15-14-16(2)28-29/h4-15H,3H2,1-2H3,(H2,24,25,30). The van der Waals surface area contributed by atoms with E-state index in [1.807, 2.05) is 50.4 Å². The van der Waals surface area contributed by atoms with Crippen LogP contribution in [0.4, 0.5) is 16.2 Å². The molecule has 156 valence electrons. The summed E-state index contributed by atoms with van der Waals surface area (Å²) in [5.74, 6) is 1.55. The molecule has 0 aliphatic carbocycles. The summed E-state index contributed by atoms with van der Waals surface area (Å²) in [7, 11) is 0. The van der Waals surface area contributed by atoms with E-state index in [9.17, 15) is 4.79 Å². The van der Waals surface area contributed by atoms with E-state index in [-0.39, 0.29) is 6.03 Å². The Labute approximate surface area is 179 Å². The second-order valence-electron chi connectivity index (χ2n) is 6.85. The second kappa shape index (κ2) is 9.08. The number of carbonyl (C=O) groups is 1. The third-order valence-corrected chi connectivity index (χ3v) is 4.56. The number of nitrogens with zero attached hydrogens (tertiary/aromatic N) is 4. The molecule has 2 amide bonds. The Kier molecular flexibility index (Phi) is 5.89. The fourth-order valence-electron chi connectivity index (χ4n) is 2.99. The number of anilines is 2. The van der Waals surface area contributed by atoms with Crippen LogP contribution in [0, 0.1) is 6.92 Å². The van der Waals surface area contributed by atoms with E-state index >= 15 is 0 Å². The minimum atomic E-state index is -0.301. The van der Waals surface area contributed by atoms with Crippen LogP contribution in [0.2, 0.25) is 0 Å². The lowest BCUT2D eigenvalue weighted by Gasteiger charge is -2.11. The maximum absolute atomic E-state index is 12.3. The molecular formula is C23H22N6O2. The quantitative estimate of drug-likeness (QED) is 0.465. The van der Waals surface area contributed by atoms with E-state index in [1.54, 1.807) is 41.1 Å². The van der Waals surface area contributed by atoms with Crippen LogP contribution < -0.4 is 15.4 Å². The van der Waals surface area contributed by atoms with Gasteiger partial charge in [-0.05, 0) is 61.4 Å². The van der Waals surface area contributed by atoms with Crippen molar-refractivity contribution >= 4 is 17.4 Å². The predicted molar refractivity (Wildman–Crippen MR) is 119 cm³/mol. The minimum absolute atomic E-state index is 0.301. The molecule has 8 nitrogen and oxygen atoms in total. The van der Waals surface area contributed by atoms with E-state index in [0.717, 1.165) is 23.4 Å². The number of ether oxygens (including phenoxy) is 1. The predicted octanol–water partition coefficient (Wildman–Crippen LogP) is 4.97. The van der Waals surface area contributed by atoms with E-state index in [1.165, 1.54) is 0 Å². The molecule has 0 saturated heterocycles. The van der Waals surface area contributed by atoms with Crippen LogP contribution in [-0.2, 0) is 6.42 Å². The number of nitrogens with one attached hydrogen (secondary N) is 2. The van der Waals surface area contributed by atoms with Crippen LogP contribution in [0.5, 0.6) is 11.6 Å². The summed E-state index contributed by atoms with van der Waals surface area (Å²) in [6, 6.07) is 19.8. The Morgan fingerprint density at radius 2 is 1.77 bits per heavy atom. The van der Waals surface area contributed by atoms with Crippen molar-refractivity contribution in [2.24, 2.45) is 0 Å². The fraction of sp³-hybridized carbons (Fsp3) is 0.130. The normalized spacial score (nSPS) is 10.5. The van der Waals surface area contributed by atoms with Gasteiger partial charge < -0.3 is 15.4 Å². The van der Waals surface area contributed by atoms with Gasteiger partial charge in [0.15, 0.2) is 5.82 Å². The molecule has 0 fully saturated rings. The van der Waals surface area contributed by atoms with Crippen molar-refractivity contribution < 1.29 is 9.53 Å². The van der Waals surface area contributed by atoms with Gasteiger partial charge in [-0.15, -0.1) is 10.2 Å². The largest absolute Gasteiger partial charge is 0.438 e. The molecule has 8 heteroatoms. The summed E-state index contributed by atoms with van der Waals surface area (Å²) in [6.07, 6.45) is 2.66. The summed E-state index contributed by atoms with van der Waals surface area (Å²) in [5.41, 5.74) is 3.43. The van der Waals surface area contributed by atoms with Crippen molar-refractivity contribution in [1.29, 1.82) is 0 Å². The lowest BCUT2D eigenvalue weighted by Crippen LogP contribution is -2.20. The highest BCUT2D eigenvalue weighted by Crippen LogP contribution is 2.22. The third-order valence-electron chi connectivity index (χ3n) is 4.56. The van der Waals surface area contributed by atoms with Gasteiger partial charge in [-0.25, -0.2) is 9.48 Å². The van der Waals surface area contributed by atoms with Gasteiger partial charge >= 0.3 is 6.03 Å². The van der Waals surface area contributed by atoms with Crippen LogP contribution in [0.15, 0.2) is 72.9 Å². The van der Waals surface area contributed by atoms with E-state index in [0.29, 0.717) is 23.1 Å². The molecule has 0 radical (unpaired) electrons. The first-order valence-electron chi connectivity index (χ1n) is 9.91. The third kappa shape index (κ3) is 5.05. The summed E-state index contributed by atoms with van der Waals surface area (Å²) in [5, 5.41) is 18.2. The van der Waals surface area contributed by atoms with Crippen LogP contribution in [-0.4, -0.2) is 26.0 Å². The summed E-state index contributed by atoms with van der Waals surface area (Å²) < 4.78 is 7.38. The lowest BCUT2D eigenvalue weighted by atomic mass is 10.1. The molecular weight excluding hydrogens is 392 g/mol. The number of para-hydroxylation sites is 1. The zero-order valence-electron chi connectivity index (χ0n) is 17.2. The van der Waals surface area contributed by atoms with Gasteiger partial charge in [0.25, 0.3) is 0 Å². The Morgan fingerprint density at radius 3 is 2.45 bits per heavy atom. The second-order valence-corrected chi connectivity index (χ2v) is 6.85. The van der Waals surface area contributed by atoms with Crippen molar-refractivity contribution in [2.75, 3.05) is 10.6 Å². The van der Waals surface area contributed by atoms with Crippen LogP contribution >= 0.6 is 0 Å². The number of carbonyl (C=O) groups excluding carboxylic acids is 1. The van der Waals surface area contributed by atoms with Gasteiger partial charge in [-0.1, -0.05) is 25.1 Å². The van der Waals surface area contributed by atoms with Gasteiger partial charge in [0.1, 0.15) is 5.75 Å². The van der Waals surface area contributed by atoms with Crippen LogP contribution in [0.1, 0.15) is 18.2 Å². The van der Waals surface area contributed by atoms with E-state index < -0.39 is 0 Å². The number of aryl methyl sites for hydroxylation is 2. The van der Waals surface area contributed by atoms with E-state index in [2.05, 4.69) is 25.9 Å². The smallest absolute Gasteiger partial charge is 0.323 e. The molecule has 0 unspecified atom stereocenters. The molecule has 31 heavy (non-hydrogen) atoms. The first kappa shape index (κ1) is 20.1.